The summed E-state index contributed by atoms with van der Waals surface area (Å²) in [7, 11) is 0. The second-order valence-corrected chi connectivity index (χ2v) is 5.22. The van der Waals surface area contributed by atoms with Gasteiger partial charge in [-0.2, -0.15) is 0 Å². The van der Waals surface area contributed by atoms with Gasteiger partial charge in [0, 0.05) is 10.2 Å². The van der Waals surface area contributed by atoms with E-state index in [2.05, 4.69) is 26.2 Å². The summed E-state index contributed by atoms with van der Waals surface area (Å²) in [4.78, 5) is 4.30. The molecule has 0 amide bonds. The molecule has 1 aromatic rings. The number of rotatable bonds is 1. The maximum atomic E-state index is 5.77. The highest BCUT2D eigenvalue weighted by Crippen LogP contribution is 2.15. The van der Waals surface area contributed by atoms with E-state index in [1.165, 1.54) is 0 Å². The van der Waals surface area contributed by atoms with E-state index in [4.69, 9.17) is 5.73 Å². The number of hydrogen-bond acceptors (Lipinski definition) is 1. The smallest absolute Gasteiger partial charge is 0.193 e. The molecule has 4 heteroatoms. The number of nitrogens with zero attached hydrogens (tertiary/aromatic N) is 1. The molecule has 0 aliphatic heterocycles. The molecule has 0 radical (unpaired) electrons. The Bertz CT molecular complexity index is 366. The van der Waals surface area contributed by atoms with Crippen LogP contribution in [-0.2, 0) is 0 Å². The summed E-state index contributed by atoms with van der Waals surface area (Å²) in [5.41, 5.74) is 6.53. The first kappa shape index (κ1) is 12.0. The Morgan fingerprint density at radius 3 is 2.60 bits per heavy atom. The fourth-order valence-corrected chi connectivity index (χ4v) is 1.50. The molecule has 0 saturated carbocycles. The first-order valence-electron chi connectivity index (χ1n) is 4.75. The summed E-state index contributed by atoms with van der Waals surface area (Å²) in [5, 5.41) is 3.04. The zero-order valence-corrected chi connectivity index (χ0v) is 10.8. The van der Waals surface area contributed by atoms with Crippen molar-refractivity contribution in [3.05, 3.63) is 28.7 Å². The van der Waals surface area contributed by atoms with Gasteiger partial charge < -0.3 is 11.1 Å². The van der Waals surface area contributed by atoms with Crippen molar-refractivity contribution >= 4 is 27.6 Å². The van der Waals surface area contributed by atoms with Gasteiger partial charge in [-0.05, 0) is 39.0 Å². The number of guanidine groups is 1. The average molecular weight is 270 g/mol. The first-order valence-corrected chi connectivity index (χ1v) is 5.54. The van der Waals surface area contributed by atoms with Gasteiger partial charge in [-0.15, -0.1) is 0 Å². The van der Waals surface area contributed by atoms with Crippen LogP contribution < -0.4 is 11.1 Å². The zero-order valence-electron chi connectivity index (χ0n) is 9.21. The maximum absolute atomic E-state index is 5.77. The van der Waals surface area contributed by atoms with E-state index in [0.717, 1.165) is 10.2 Å². The van der Waals surface area contributed by atoms with Crippen molar-refractivity contribution in [1.82, 2.24) is 0 Å². The maximum Gasteiger partial charge on any atom is 0.193 e. The second kappa shape index (κ2) is 4.66. The summed E-state index contributed by atoms with van der Waals surface area (Å²) < 4.78 is 1.01. The van der Waals surface area contributed by atoms with Crippen LogP contribution in [0.4, 0.5) is 5.69 Å². The van der Waals surface area contributed by atoms with E-state index in [9.17, 15) is 0 Å². The molecule has 0 atom stereocenters. The van der Waals surface area contributed by atoms with Crippen LogP contribution in [0.3, 0.4) is 0 Å². The van der Waals surface area contributed by atoms with E-state index >= 15 is 0 Å². The fourth-order valence-electron chi connectivity index (χ4n) is 1.10. The van der Waals surface area contributed by atoms with Crippen LogP contribution in [-0.4, -0.2) is 11.5 Å². The Morgan fingerprint density at radius 1 is 1.40 bits per heavy atom. The van der Waals surface area contributed by atoms with E-state index < -0.39 is 0 Å². The lowest BCUT2D eigenvalue weighted by atomic mass is 10.1. The summed E-state index contributed by atoms with van der Waals surface area (Å²) in [6.07, 6.45) is 0. The lowest BCUT2D eigenvalue weighted by Crippen LogP contribution is -2.27. The second-order valence-electron chi connectivity index (χ2n) is 4.30. The molecule has 0 spiro atoms. The minimum atomic E-state index is -0.164. The molecule has 0 aliphatic rings. The van der Waals surface area contributed by atoms with Crippen LogP contribution >= 0.6 is 15.9 Å². The molecule has 0 fully saturated rings. The molecule has 3 nitrogen and oxygen atoms in total. The Morgan fingerprint density at radius 2 is 2.07 bits per heavy atom. The molecule has 1 aromatic carbocycles. The highest BCUT2D eigenvalue weighted by atomic mass is 79.9. The van der Waals surface area contributed by atoms with E-state index in [1.54, 1.807) is 0 Å². The van der Waals surface area contributed by atoms with Gasteiger partial charge in [0.05, 0.1) is 5.54 Å². The number of benzene rings is 1. The van der Waals surface area contributed by atoms with Crippen LogP contribution in [0, 0.1) is 0 Å². The first-order chi connectivity index (χ1) is 6.87. The minimum Gasteiger partial charge on any atom is -0.370 e. The van der Waals surface area contributed by atoms with Crippen LogP contribution in [0.5, 0.6) is 0 Å². The van der Waals surface area contributed by atoms with Crippen LogP contribution in [0.15, 0.2) is 33.7 Å². The standard InChI is InChI=1S/C11H16BrN3/c1-11(2,3)15-10(13)14-9-6-4-5-8(12)7-9/h4-7H,1-3H3,(H3,13,14,15). The Hall–Kier alpha value is -1.03. The van der Waals surface area contributed by atoms with Gasteiger partial charge in [0.1, 0.15) is 0 Å². The molecule has 0 aromatic heterocycles. The Kier molecular flexibility index (Phi) is 3.74. The SMILES string of the molecule is CC(C)(C)N=C(N)Nc1cccc(Br)c1. The highest BCUT2D eigenvalue weighted by molar-refractivity contribution is 9.10. The number of nitrogens with two attached hydrogens (primary N) is 1. The lowest BCUT2D eigenvalue weighted by Gasteiger charge is -2.14. The molecule has 0 unspecified atom stereocenters. The van der Waals surface area contributed by atoms with Gasteiger partial charge >= 0.3 is 0 Å². The van der Waals surface area contributed by atoms with Crippen molar-refractivity contribution < 1.29 is 0 Å². The average Bonchev–Trinajstić information content (AvgIpc) is 1.99. The van der Waals surface area contributed by atoms with Gasteiger partial charge in [-0.25, -0.2) is 4.99 Å². The molecular weight excluding hydrogens is 254 g/mol. The van der Waals surface area contributed by atoms with Crippen molar-refractivity contribution in [3.8, 4) is 0 Å². The van der Waals surface area contributed by atoms with Crippen LogP contribution in [0.2, 0.25) is 0 Å². The highest BCUT2D eigenvalue weighted by Gasteiger charge is 2.07. The third-order valence-electron chi connectivity index (χ3n) is 1.55. The van der Waals surface area contributed by atoms with E-state index in [0.29, 0.717) is 5.96 Å². The van der Waals surface area contributed by atoms with Gasteiger partial charge in [-0.1, -0.05) is 22.0 Å². The van der Waals surface area contributed by atoms with Crippen molar-refractivity contribution in [2.24, 2.45) is 10.7 Å². The number of nitrogens with one attached hydrogen (secondary N) is 1. The third-order valence-corrected chi connectivity index (χ3v) is 2.05. The molecule has 15 heavy (non-hydrogen) atoms. The van der Waals surface area contributed by atoms with Crippen molar-refractivity contribution in [3.63, 3.8) is 0 Å². The quantitative estimate of drug-likeness (QED) is 0.609. The summed E-state index contributed by atoms with van der Waals surface area (Å²) in [5.74, 6) is 0.431. The predicted molar refractivity (Wildman–Crippen MR) is 69.1 cm³/mol. The summed E-state index contributed by atoms with van der Waals surface area (Å²) in [6, 6.07) is 7.79. The van der Waals surface area contributed by atoms with Gasteiger partial charge in [-0.3, -0.25) is 0 Å². The topological polar surface area (TPSA) is 50.4 Å². The summed E-state index contributed by atoms with van der Waals surface area (Å²) >= 11 is 3.39. The molecule has 82 valence electrons. The predicted octanol–water partition coefficient (Wildman–Crippen LogP) is 2.97. The number of hydrogen-bond donors (Lipinski definition) is 2. The molecule has 0 bridgehead atoms. The minimum absolute atomic E-state index is 0.164. The molecule has 0 aliphatic carbocycles. The number of halogens is 1. The van der Waals surface area contributed by atoms with Crippen molar-refractivity contribution in [1.29, 1.82) is 0 Å². The van der Waals surface area contributed by atoms with E-state index in [1.807, 2.05) is 45.0 Å². The number of aliphatic imine (C=N–C) groups is 1. The van der Waals surface area contributed by atoms with Crippen LogP contribution in [0.25, 0.3) is 0 Å². The van der Waals surface area contributed by atoms with Gasteiger partial charge in [0.2, 0.25) is 0 Å². The third kappa shape index (κ3) is 4.83. The van der Waals surface area contributed by atoms with E-state index in [-0.39, 0.29) is 5.54 Å². The Labute approximate surface area is 98.9 Å². The van der Waals surface area contributed by atoms with Crippen LogP contribution in [0.1, 0.15) is 20.8 Å². The fraction of sp³-hybridized carbons (Fsp3) is 0.364. The molecule has 1 rings (SSSR count). The van der Waals surface area contributed by atoms with Crippen molar-refractivity contribution in [2.45, 2.75) is 26.3 Å². The zero-order chi connectivity index (χ0) is 11.5. The largest absolute Gasteiger partial charge is 0.370 e. The normalized spacial score (nSPS) is 12.7. The molecule has 0 heterocycles. The molecule has 3 N–H and O–H groups in total. The Balaban J connectivity index is 2.75. The number of anilines is 1. The monoisotopic (exact) mass is 269 g/mol. The summed E-state index contributed by atoms with van der Waals surface area (Å²) in [6.45, 7) is 6.01. The van der Waals surface area contributed by atoms with Crippen molar-refractivity contribution in [2.75, 3.05) is 5.32 Å². The lowest BCUT2D eigenvalue weighted by molar-refractivity contribution is 0.583. The van der Waals surface area contributed by atoms with Gasteiger partial charge in [0.25, 0.3) is 0 Å². The molecular formula is C11H16BrN3. The molecule has 0 saturated heterocycles. The van der Waals surface area contributed by atoms with Gasteiger partial charge in [0.15, 0.2) is 5.96 Å².